The van der Waals surface area contributed by atoms with Gasteiger partial charge in [0.2, 0.25) is 11.8 Å². The molecule has 1 heterocycles. The first-order valence-electron chi connectivity index (χ1n) is 10.5. The lowest BCUT2D eigenvalue weighted by Crippen LogP contribution is -2.24. The molecule has 0 spiro atoms. The molecule has 0 radical (unpaired) electrons. The van der Waals surface area contributed by atoms with Gasteiger partial charge in [-0.05, 0) is 36.6 Å². The van der Waals surface area contributed by atoms with E-state index in [1.54, 1.807) is 0 Å². The Morgan fingerprint density at radius 2 is 1.88 bits per heavy atom. The van der Waals surface area contributed by atoms with Gasteiger partial charge in [-0.3, -0.25) is 9.59 Å². The van der Waals surface area contributed by atoms with Gasteiger partial charge in [0.05, 0.1) is 10.8 Å². The number of carbonyl (C=O) groups excluding carboxylic acids is 2. The van der Waals surface area contributed by atoms with Crippen molar-refractivity contribution in [1.29, 1.82) is 5.26 Å². The smallest absolute Gasteiger partial charge is 0.238 e. The number of amides is 2. The lowest BCUT2D eigenvalue weighted by molar-refractivity contribution is -0.116. The van der Waals surface area contributed by atoms with Crippen molar-refractivity contribution < 1.29 is 9.59 Å². The molecule has 164 valence electrons. The largest absolute Gasteiger partial charge is 0.326 e. The van der Waals surface area contributed by atoms with Gasteiger partial charge in [0, 0.05) is 27.9 Å². The maximum absolute atomic E-state index is 13.0. The number of carbonyl (C=O) groups is 2. The molecule has 0 aliphatic rings. The summed E-state index contributed by atoms with van der Waals surface area (Å²) < 4.78 is 0. The van der Waals surface area contributed by atoms with Gasteiger partial charge < -0.3 is 10.6 Å². The number of thioether (sulfide) groups is 1. The Balaban J connectivity index is 1.72. The second-order valence-corrected chi connectivity index (χ2v) is 9.32. The quantitative estimate of drug-likeness (QED) is 0.353. The minimum atomic E-state index is -0.328. The monoisotopic (exact) mass is 463 g/mol. The highest BCUT2D eigenvalue weighted by molar-refractivity contribution is 8.00. The number of hydrogen-bond donors (Lipinski definition) is 2. The molecule has 1 unspecified atom stereocenters. The van der Waals surface area contributed by atoms with Gasteiger partial charge in [-0.2, -0.15) is 5.26 Å². The average Bonchev–Trinajstić information content (AvgIpc) is 3.20. The first-order valence-corrected chi connectivity index (χ1v) is 12.3. The summed E-state index contributed by atoms with van der Waals surface area (Å²) in [6.07, 6.45) is 1.89. The average molecular weight is 464 g/mol. The van der Waals surface area contributed by atoms with Crippen molar-refractivity contribution in [2.45, 2.75) is 43.3 Å². The molecule has 2 N–H and O–H groups in total. The molecular formula is C25H25N3O2S2. The van der Waals surface area contributed by atoms with E-state index in [1.807, 2.05) is 73.8 Å². The van der Waals surface area contributed by atoms with Gasteiger partial charge in [-0.1, -0.05) is 50.2 Å². The van der Waals surface area contributed by atoms with E-state index in [9.17, 15) is 14.9 Å². The van der Waals surface area contributed by atoms with Crippen LogP contribution in [0.15, 0.2) is 64.9 Å². The van der Waals surface area contributed by atoms with Gasteiger partial charge in [-0.25, -0.2) is 0 Å². The number of thiophene rings is 1. The molecule has 32 heavy (non-hydrogen) atoms. The van der Waals surface area contributed by atoms with E-state index in [2.05, 4.69) is 16.7 Å². The van der Waals surface area contributed by atoms with Gasteiger partial charge >= 0.3 is 0 Å². The highest BCUT2D eigenvalue weighted by Crippen LogP contribution is 2.36. The van der Waals surface area contributed by atoms with E-state index in [1.165, 1.54) is 23.1 Å². The Labute approximate surface area is 196 Å². The molecule has 0 aliphatic carbocycles. The van der Waals surface area contributed by atoms with Crippen LogP contribution in [-0.4, -0.2) is 17.1 Å². The number of nitrogens with zero attached hydrogens (tertiary/aromatic N) is 1. The first-order chi connectivity index (χ1) is 15.5. The number of nitriles is 1. The Bertz CT molecular complexity index is 1120. The molecule has 7 heteroatoms. The van der Waals surface area contributed by atoms with E-state index in [0.717, 1.165) is 28.1 Å². The van der Waals surface area contributed by atoms with Crippen molar-refractivity contribution in [2.75, 3.05) is 10.6 Å². The molecule has 0 fully saturated rings. The number of rotatable bonds is 9. The predicted molar refractivity (Wildman–Crippen MR) is 133 cm³/mol. The zero-order valence-corrected chi connectivity index (χ0v) is 19.7. The zero-order valence-electron chi connectivity index (χ0n) is 18.1. The Morgan fingerprint density at radius 1 is 1.09 bits per heavy atom. The van der Waals surface area contributed by atoms with Crippen LogP contribution >= 0.6 is 23.1 Å². The molecule has 0 saturated carbocycles. The van der Waals surface area contributed by atoms with E-state index >= 15 is 0 Å². The highest BCUT2D eigenvalue weighted by Gasteiger charge is 2.22. The molecular weight excluding hydrogens is 438 g/mol. The second kappa shape index (κ2) is 11.5. The lowest BCUT2D eigenvalue weighted by atomic mass is 10.1. The van der Waals surface area contributed by atoms with Gasteiger partial charge in [0.25, 0.3) is 0 Å². The minimum absolute atomic E-state index is 0.0182. The van der Waals surface area contributed by atoms with E-state index < -0.39 is 0 Å². The second-order valence-electron chi connectivity index (χ2n) is 7.16. The molecule has 3 aromatic rings. The van der Waals surface area contributed by atoms with Crippen LogP contribution in [-0.2, 0) is 9.59 Å². The van der Waals surface area contributed by atoms with Gasteiger partial charge in [-0.15, -0.1) is 23.1 Å². The minimum Gasteiger partial charge on any atom is -0.326 e. The molecule has 0 saturated heterocycles. The number of hydrogen-bond acceptors (Lipinski definition) is 5. The third kappa shape index (κ3) is 6.00. The molecule has 0 aliphatic heterocycles. The summed E-state index contributed by atoms with van der Waals surface area (Å²) in [5.41, 5.74) is 2.98. The number of anilines is 2. The van der Waals surface area contributed by atoms with E-state index in [0.29, 0.717) is 23.4 Å². The predicted octanol–water partition coefficient (Wildman–Crippen LogP) is 6.53. The van der Waals surface area contributed by atoms with Crippen LogP contribution < -0.4 is 10.6 Å². The van der Waals surface area contributed by atoms with Crippen molar-refractivity contribution >= 4 is 45.6 Å². The van der Waals surface area contributed by atoms with E-state index in [-0.39, 0.29) is 17.1 Å². The Kier molecular flexibility index (Phi) is 8.48. The van der Waals surface area contributed by atoms with Crippen molar-refractivity contribution in [1.82, 2.24) is 0 Å². The number of nitrogens with one attached hydrogen (secondary N) is 2. The topological polar surface area (TPSA) is 82.0 Å². The molecule has 0 bridgehead atoms. The maximum Gasteiger partial charge on any atom is 0.238 e. The number of benzene rings is 2. The molecule has 1 atom stereocenters. The van der Waals surface area contributed by atoms with Crippen LogP contribution in [0.1, 0.15) is 38.7 Å². The normalized spacial score (nSPS) is 11.4. The fourth-order valence-electron chi connectivity index (χ4n) is 3.17. The Morgan fingerprint density at radius 3 is 2.56 bits per heavy atom. The molecule has 2 aromatic carbocycles. The van der Waals surface area contributed by atoms with Gasteiger partial charge in [0.1, 0.15) is 11.1 Å². The van der Waals surface area contributed by atoms with Crippen LogP contribution in [0.25, 0.3) is 11.1 Å². The van der Waals surface area contributed by atoms with E-state index in [4.69, 9.17) is 0 Å². The summed E-state index contributed by atoms with van der Waals surface area (Å²) in [6.45, 7) is 3.92. The Hall–Kier alpha value is -3.08. The molecule has 5 nitrogen and oxygen atoms in total. The summed E-state index contributed by atoms with van der Waals surface area (Å²) in [6, 6.07) is 19.4. The van der Waals surface area contributed by atoms with Crippen molar-refractivity contribution in [3.63, 3.8) is 0 Å². The summed E-state index contributed by atoms with van der Waals surface area (Å²) in [4.78, 5) is 25.8. The summed E-state index contributed by atoms with van der Waals surface area (Å²) >= 11 is 2.81. The van der Waals surface area contributed by atoms with Crippen LogP contribution in [0.5, 0.6) is 0 Å². The molecule has 2 amide bonds. The highest BCUT2D eigenvalue weighted by atomic mass is 32.2. The fourth-order valence-corrected chi connectivity index (χ4v) is 5.10. The van der Waals surface area contributed by atoms with Crippen LogP contribution in [0.4, 0.5) is 10.7 Å². The maximum atomic E-state index is 13.0. The summed E-state index contributed by atoms with van der Waals surface area (Å²) in [7, 11) is 0. The first kappa shape index (κ1) is 23.6. The van der Waals surface area contributed by atoms with Crippen molar-refractivity contribution in [3.8, 4) is 17.2 Å². The summed E-state index contributed by atoms with van der Waals surface area (Å²) in [5.74, 6) is -0.161. The van der Waals surface area contributed by atoms with Crippen molar-refractivity contribution in [2.24, 2.45) is 0 Å². The van der Waals surface area contributed by atoms with Crippen LogP contribution in [0.3, 0.4) is 0 Å². The lowest BCUT2D eigenvalue weighted by Gasteiger charge is -2.15. The summed E-state index contributed by atoms with van der Waals surface area (Å²) in [5, 5.41) is 17.7. The van der Waals surface area contributed by atoms with Crippen molar-refractivity contribution in [3.05, 3.63) is 65.5 Å². The van der Waals surface area contributed by atoms with Gasteiger partial charge in [0.15, 0.2) is 0 Å². The SMILES string of the molecule is CCCC(=O)Nc1cccc(SC(CC)C(=O)Nc2scc(-c3ccccc3)c2C#N)c1. The fraction of sp³-hybridized carbons (Fsp3) is 0.240. The third-order valence-electron chi connectivity index (χ3n) is 4.76. The van der Waals surface area contributed by atoms with Crippen LogP contribution in [0.2, 0.25) is 0 Å². The van der Waals surface area contributed by atoms with Crippen LogP contribution in [0, 0.1) is 11.3 Å². The standard InChI is InChI=1S/C25H25N3O2S2/c1-3-9-23(29)27-18-12-8-13-19(14-18)32-22(4-2)24(30)28-25-20(15-26)21(16-31-25)17-10-6-5-7-11-17/h5-8,10-14,16,22H,3-4,9H2,1-2H3,(H,27,29)(H,28,30). The zero-order chi connectivity index (χ0) is 22.9. The third-order valence-corrected chi connectivity index (χ3v) is 7.01. The molecule has 3 rings (SSSR count). The molecule has 1 aromatic heterocycles.